The van der Waals surface area contributed by atoms with Gasteiger partial charge in [0.25, 0.3) is 0 Å². The van der Waals surface area contributed by atoms with Crippen LogP contribution in [0.3, 0.4) is 0 Å². The molecule has 0 radical (unpaired) electrons. The largest absolute Gasteiger partial charge is 0.465 e. The Hall–Kier alpha value is -1.22. The SMILES string of the molecule is CCOC(CCOC(=O)CCCCC(=O)OCCC(OCC)OCC)OCC. The fraction of sp³-hybridized carbons (Fsp3) is 0.900. The second-order valence-electron chi connectivity index (χ2n) is 5.91. The number of esters is 2. The highest BCUT2D eigenvalue weighted by molar-refractivity contribution is 5.70. The summed E-state index contributed by atoms with van der Waals surface area (Å²) in [7, 11) is 0. The van der Waals surface area contributed by atoms with Crippen LogP contribution in [-0.2, 0) is 38.0 Å². The molecule has 0 aromatic carbocycles. The van der Waals surface area contributed by atoms with Crippen LogP contribution in [-0.4, -0.2) is 64.2 Å². The molecule has 8 nitrogen and oxygen atoms in total. The molecule has 166 valence electrons. The molecule has 0 aliphatic carbocycles. The summed E-state index contributed by atoms with van der Waals surface area (Å²) in [6, 6.07) is 0. The van der Waals surface area contributed by atoms with Gasteiger partial charge in [-0.1, -0.05) is 0 Å². The Bertz CT molecular complexity index is 340. The first-order valence-electron chi connectivity index (χ1n) is 10.3. The molecule has 0 aromatic heterocycles. The molecule has 8 heteroatoms. The number of carbonyl (C=O) groups excluding carboxylic acids is 2. The van der Waals surface area contributed by atoms with Crippen molar-refractivity contribution >= 4 is 11.9 Å². The monoisotopic (exact) mass is 406 g/mol. The molecule has 0 saturated heterocycles. The predicted molar refractivity (Wildman–Crippen MR) is 104 cm³/mol. The molecular formula is C20H38O8. The van der Waals surface area contributed by atoms with Crippen molar-refractivity contribution < 1.29 is 38.0 Å². The predicted octanol–water partition coefficient (Wildman–Crippen LogP) is 3.21. The van der Waals surface area contributed by atoms with Gasteiger partial charge < -0.3 is 28.4 Å². The van der Waals surface area contributed by atoms with Gasteiger partial charge in [-0.2, -0.15) is 0 Å². The van der Waals surface area contributed by atoms with Gasteiger partial charge in [0, 0.05) is 52.1 Å². The van der Waals surface area contributed by atoms with E-state index in [1.807, 2.05) is 27.7 Å². The van der Waals surface area contributed by atoms with Gasteiger partial charge in [0.05, 0.1) is 13.2 Å². The van der Waals surface area contributed by atoms with Crippen molar-refractivity contribution in [3.8, 4) is 0 Å². The maximum Gasteiger partial charge on any atom is 0.305 e. The van der Waals surface area contributed by atoms with Crippen molar-refractivity contribution in [1.82, 2.24) is 0 Å². The fourth-order valence-electron chi connectivity index (χ4n) is 2.39. The van der Waals surface area contributed by atoms with Crippen LogP contribution in [0, 0.1) is 0 Å². The molecule has 0 aromatic rings. The van der Waals surface area contributed by atoms with Crippen molar-refractivity contribution in [2.24, 2.45) is 0 Å². The first-order valence-corrected chi connectivity index (χ1v) is 10.3. The highest BCUT2D eigenvalue weighted by Gasteiger charge is 2.12. The third kappa shape index (κ3) is 15.8. The molecular weight excluding hydrogens is 368 g/mol. The molecule has 0 heterocycles. The summed E-state index contributed by atoms with van der Waals surface area (Å²) in [5.74, 6) is -0.562. The van der Waals surface area contributed by atoms with Gasteiger partial charge in [-0.15, -0.1) is 0 Å². The number of rotatable bonds is 19. The summed E-state index contributed by atoms with van der Waals surface area (Å²) < 4.78 is 31.9. The third-order valence-electron chi connectivity index (χ3n) is 3.66. The number of carbonyl (C=O) groups is 2. The zero-order valence-electron chi connectivity index (χ0n) is 17.9. The normalized spacial score (nSPS) is 11.2. The van der Waals surface area contributed by atoms with Crippen LogP contribution in [0.5, 0.6) is 0 Å². The highest BCUT2D eigenvalue weighted by Crippen LogP contribution is 2.07. The van der Waals surface area contributed by atoms with Crippen molar-refractivity contribution in [2.75, 3.05) is 39.6 Å². The Morgan fingerprint density at radius 2 is 0.929 bits per heavy atom. The fourth-order valence-corrected chi connectivity index (χ4v) is 2.39. The summed E-state index contributed by atoms with van der Waals surface area (Å²) in [5.41, 5.74) is 0. The highest BCUT2D eigenvalue weighted by atomic mass is 16.7. The summed E-state index contributed by atoms with van der Waals surface area (Å²) >= 11 is 0. The topological polar surface area (TPSA) is 89.5 Å². The molecule has 0 N–H and O–H groups in total. The maximum atomic E-state index is 11.7. The minimum absolute atomic E-state index is 0.256. The standard InChI is InChI=1S/C20H38O8/c1-5-23-19(24-6-2)13-15-27-17(21)11-9-10-12-18(22)28-16-14-20(25-7-3)26-8-4/h19-20H,5-16H2,1-4H3. The lowest BCUT2D eigenvalue weighted by atomic mass is 10.2. The van der Waals surface area contributed by atoms with Crippen LogP contribution in [0.1, 0.15) is 66.2 Å². The Kier molecular flexibility index (Phi) is 18.3. The maximum absolute atomic E-state index is 11.7. The zero-order chi connectivity index (χ0) is 21.0. The summed E-state index contributed by atoms with van der Waals surface area (Å²) in [5, 5.41) is 0. The van der Waals surface area contributed by atoms with Crippen molar-refractivity contribution in [3.05, 3.63) is 0 Å². The van der Waals surface area contributed by atoms with Crippen LogP contribution in [0.2, 0.25) is 0 Å². The van der Waals surface area contributed by atoms with Crippen molar-refractivity contribution in [1.29, 1.82) is 0 Å². The van der Waals surface area contributed by atoms with Gasteiger partial charge in [-0.3, -0.25) is 9.59 Å². The molecule has 0 atom stereocenters. The lowest BCUT2D eigenvalue weighted by Gasteiger charge is -2.16. The first-order chi connectivity index (χ1) is 13.6. The van der Waals surface area contributed by atoms with Gasteiger partial charge >= 0.3 is 11.9 Å². The van der Waals surface area contributed by atoms with E-state index in [9.17, 15) is 9.59 Å². The summed E-state index contributed by atoms with van der Waals surface area (Å²) in [6.45, 7) is 10.3. The van der Waals surface area contributed by atoms with Crippen LogP contribution in [0.25, 0.3) is 0 Å². The van der Waals surface area contributed by atoms with Crippen LogP contribution in [0.4, 0.5) is 0 Å². The number of ether oxygens (including phenoxy) is 6. The molecule has 0 fully saturated rings. The first kappa shape index (κ1) is 26.8. The van der Waals surface area contributed by atoms with Gasteiger partial charge in [0.2, 0.25) is 0 Å². The average Bonchev–Trinajstić information content (AvgIpc) is 2.66. The van der Waals surface area contributed by atoms with E-state index in [-0.39, 0.29) is 50.6 Å². The van der Waals surface area contributed by atoms with E-state index in [1.54, 1.807) is 0 Å². The smallest absolute Gasteiger partial charge is 0.305 e. The van der Waals surface area contributed by atoms with Gasteiger partial charge in [-0.25, -0.2) is 0 Å². The van der Waals surface area contributed by atoms with E-state index in [1.165, 1.54) is 0 Å². The molecule has 28 heavy (non-hydrogen) atoms. The molecule has 0 aliphatic rings. The second kappa shape index (κ2) is 19.1. The van der Waals surface area contributed by atoms with Gasteiger partial charge in [0.1, 0.15) is 0 Å². The summed E-state index contributed by atoms with van der Waals surface area (Å²) in [4.78, 5) is 23.4. The van der Waals surface area contributed by atoms with E-state index >= 15 is 0 Å². The number of unbranched alkanes of at least 4 members (excludes halogenated alkanes) is 1. The van der Waals surface area contributed by atoms with E-state index < -0.39 is 0 Å². The third-order valence-corrected chi connectivity index (χ3v) is 3.66. The minimum atomic E-state index is -0.345. The van der Waals surface area contributed by atoms with E-state index in [0.29, 0.717) is 52.1 Å². The Morgan fingerprint density at radius 3 is 1.21 bits per heavy atom. The zero-order valence-corrected chi connectivity index (χ0v) is 17.9. The Morgan fingerprint density at radius 1 is 0.607 bits per heavy atom. The van der Waals surface area contributed by atoms with Gasteiger partial charge in [0.15, 0.2) is 12.6 Å². The molecule has 0 amide bonds. The van der Waals surface area contributed by atoms with Gasteiger partial charge in [-0.05, 0) is 40.5 Å². The Balaban J connectivity index is 3.71. The van der Waals surface area contributed by atoms with E-state index in [4.69, 9.17) is 28.4 Å². The van der Waals surface area contributed by atoms with Crippen LogP contribution in [0.15, 0.2) is 0 Å². The van der Waals surface area contributed by atoms with Crippen molar-refractivity contribution in [3.63, 3.8) is 0 Å². The lowest BCUT2D eigenvalue weighted by Crippen LogP contribution is -2.20. The quantitative estimate of drug-likeness (QED) is 0.183. The minimum Gasteiger partial charge on any atom is -0.465 e. The van der Waals surface area contributed by atoms with Crippen LogP contribution >= 0.6 is 0 Å². The average molecular weight is 407 g/mol. The van der Waals surface area contributed by atoms with Crippen LogP contribution < -0.4 is 0 Å². The molecule has 0 bridgehead atoms. The summed E-state index contributed by atoms with van der Waals surface area (Å²) in [6.07, 6.45) is 2.03. The lowest BCUT2D eigenvalue weighted by molar-refractivity contribution is -0.159. The van der Waals surface area contributed by atoms with E-state index in [0.717, 1.165) is 0 Å². The van der Waals surface area contributed by atoms with Crippen molar-refractivity contribution in [2.45, 2.75) is 78.8 Å². The molecule has 0 unspecified atom stereocenters. The molecule has 0 saturated carbocycles. The molecule has 0 spiro atoms. The second-order valence-corrected chi connectivity index (χ2v) is 5.91. The van der Waals surface area contributed by atoms with E-state index in [2.05, 4.69) is 0 Å². The number of hydrogen-bond acceptors (Lipinski definition) is 8. The molecule has 0 rings (SSSR count). The Labute approximate surface area is 169 Å². The number of hydrogen-bond donors (Lipinski definition) is 0. The molecule has 0 aliphatic heterocycles.